The monoisotopic (exact) mass is 299 g/mol. The minimum absolute atomic E-state index is 0.506. The molecule has 1 atom stereocenters. The quantitative estimate of drug-likeness (QED) is 0.648. The third-order valence-corrected chi connectivity index (χ3v) is 5.41. The third kappa shape index (κ3) is 3.68. The first-order valence-corrected chi connectivity index (χ1v) is 9.16. The Labute approximate surface area is 132 Å². The van der Waals surface area contributed by atoms with Crippen molar-refractivity contribution in [1.29, 1.82) is 0 Å². The van der Waals surface area contributed by atoms with Crippen LogP contribution in [0.25, 0.3) is 0 Å². The van der Waals surface area contributed by atoms with Crippen LogP contribution in [0.4, 0.5) is 5.69 Å². The molecule has 0 radical (unpaired) electrons. The van der Waals surface area contributed by atoms with Gasteiger partial charge in [0.05, 0.1) is 6.04 Å². The lowest BCUT2D eigenvalue weighted by Crippen LogP contribution is -2.15. The number of anilines is 1. The SMILES string of the molecule is CCCCCc1ccc(NC2CCCc3sccc32)cc1. The highest BCUT2D eigenvalue weighted by molar-refractivity contribution is 7.10. The second kappa shape index (κ2) is 7.13. The summed E-state index contributed by atoms with van der Waals surface area (Å²) in [5, 5.41) is 5.96. The van der Waals surface area contributed by atoms with Gasteiger partial charge in [-0.15, -0.1) is 11.3 Å². The number of unbranched alkanes of at least 4 members (excludes halogenated alkanes) is 2. The molecule has 1 aliphatic rings. The second-order valence-electron chi connectivity index (χ2n) is 6.04. The van der Waals surface area contributed by atoms with Gasteiger partial charge in [0.25, 0.3) is 0 Å². The van der Waals surface area contributed by atoms with Crippen molar-refractivity contribution in [3.63, 3.8) is 0 Å². The molecule has 1 nitrogen and oxygen atoms in total. The number of thiophene rings is 1. The van der Waals surface area contributed by atoms with E-state index in [9.17, 15) is 0 Å². The maximum atomic E-state index is 3.72. The van der Waals surface area contributed by atoms with Crippen molar-refractivity contribution >= 4 is 17.0 Å². The van der Waals surface area contributed by atoms with E-state index in [4.69, 9.17) is 0 Å². The molecule has 1 unspecified atom stereocenters. The predicted molar refractivity (Wildman–Crippen MR) is 93.3 cm³/mol. The lowest BCUT2D eigenvalue weighted by atomic mass is 9.94. The Morgan fingerprint density at radius 3 is 2.81 bits per heavy atom. The van der Waals surface area contributed by atoms with Crippen LogP contribution >= 0.6 is 11.3 Å². The van der Waals surface area contributed by atoms with Crippen LogP contribution in [-0.2, 0) is 12.8 Å². The van der Waals surface area contributed by atoms with Gasteiger partial charge in [-0.1, -0.05) is 31.9 Å². The molecule has 0 saturated carbocycles. The molecule has 0 spiro atoms. The van der Waals surface area contributed by atoms with Gasteiger partial charge in [0.1, 0.15) is 0 Å². The van der Waals surface area contributed by atoms with Crippen LogP contribution in [0.2, 0.25) is 0 Å². The zero-order valence-electron chi connectivity index (χ0n) is 12.9. The molecule has 1 aromatic carbocycles. The number of fused-ring (bicyclic) bond motifs is 1. The Hall–Kier alpha value is -1.28. The van der Waals surface area contributed by atoms with E-state index in [-0.39, 0.29) is 0 Å². The average Bonchev–Trinajstić information content (AvgIpc) is 2.99. The van der Waals surface area contributed by atoms with E-state index in [0.717, 1.165) is 0 Å². The molecule has 1 N–H and O–H groups in total. The first-order chi connectivity index (χ1) is 10.4. The van der Waals surface area contributed by atoms with Crippen molar-refractivity contribution in [3.05, 3.63) is 51.7 Å². The Bertz CT molecular complexity index is 555. The summed E-state index contributed by atoms with van der Waals surface area (Å²) in [5.41, 5.74) is 4.26. The van der Waals surface area contributed by atoms with E-state index < -0.39 is 0 Å². The van der Waals surface area contributed by atoms with E-state index >= 15 is 0 Å². The fraction of sp³-hybridized carbons (Fsp3) is 0.474. The van der Waals surface area contributed by atoms with Gasteiger partial charge in [-0.2, -0.15) is 0 Å². The number of nitrogens with one attached hydrogen (secondary N) is 1. The molecule has 3 rings (SSSR count). The van der Waals surface area contributed by atoms with Gasteiger partial charge < -0.3 is 5.32 Å². The topological polar surface area (TPSA) is 12.0 Å². The van der Waals surface area contributed by atoms with Crippen molar-refractivity contribution in [2.75, 3.05) is 5.32 Å². The summed E-state index contributed by atoms with van der Waals surface area (Å²) in [6.45, 7) is 2.26. The number of aryl methyl sites for hydroxylation is 2. The van der Waals surface area contributed by atoms with Crippen molar-refractivity contribution in [2.45, 2.75) is 57.9 Å². The summed E-state index contributed by atoms with van der Waals surface area (Å²) in [6, 6.07) is 11.9. The average molecular weight is 299 g/mol. The molecule has 2 aromatic rings. The van der Waals surface area contributed by atoms with Crippen molar-refractivity contribution in [3.8, 4) is 0 Å². The minimum Gasteiger partial charge on any atom is -0.378 e. The van der Waals surface area contributed by atoms with Gasteiger partial charge in [0, 0.05) is 10.6 Å². The van der Waals surface area contributed by atoms with Crippen LogP contribution in [0.3, 0.4) is 0 Å². The highest BCUT2D eigenvalue weighted by Crippen LogP contribution is 2.35. The minimum atomic E-state index is 0.506. The van der Waals surface area contributed by atoms with Gasteiger partial charge in [-0.05, 0) is 66.8 Å². The van der Waals surface area contributed by atoms with Crippen molar-refractivity contribution < 1.29 is 0 Å². The van der Waals surface area contributed by atoms with Gasteiger partial charge >= 0.3 is 0 Å². The molecule has 21 heavy (non-hydrogen) atoms. The molecule has 0 aliphatic heterocycles. The molecular formula is C19H25NS. The Morgan fingerprint density at radius 2 is 2.00 bits per heavy atom. The first-order valence-electron chi connectivity index (χ1n) is 8.28. The normalized spacial score (nSPS) is 17.5. The van der Waals surface area contributed by atoms with Crippen LogP contribution in [0.15, 0.2) is 35.7 Å². The first kappa shape index (κ1) is 14.6. The lowest BCUT2D eigenvalue weighted by Gasteiger charge is -2.24. The van der Waals surface area contributed by atoms with Crippen LogP contribution < -0.4 is 5.32 Å². The number of benzene rings is 1. The zero-order valence-corrected chi connectivity index (χ0v) is 13.7. The summed E-state index contributed by atoms with van der Waals surface area (Å²) < 4.78 is 0. The van der Waals surface area contributed by atoms with E-state index in [1.165, 1.54) is 61.8 Å². The molecule has 0 bridgehead atoms. The van der Waals surface area contributed by atoms with Crippen molar-refractivity contribution in [1.82, 2.24) is 0 Å². The summed E-state index contributed by atoms with van der Waals surface area (Å²) in [6.07, 6.45) is 8.98. The number of rotatable bonds is 6. The fourth-order valence-electron chi connectivity index (χ4n) is 3.18. The van der Waals surface area contributed by atoms with Crippen LogP contribution in [0.1, 0.15) is 61.1 Å². The molecule has 1 aromatic heterocycles. The van der Waals surface area contributed by atoms with E-state index in [1.54, 1.807) is 4.88 Å². The summed E-state index contributed by atoms with van der Waals surface area (Å²) in [5.74, 6) is 0. The largest absolute Gasteiger partial charge is 0.378 e. The molecule has 0 saturated heterocycles. The predicted octanol–water partition coefficient (Wildman–Crippen LogP) is 5.97. The van der Waals surface area contributed by atoms with Gasteiger partial charge in [0.15, 0.2) is 0 Å². The van der Waals surface area contributed by atoms with Crippen LogP contribution in [0.5, 0.6) is 0 Å². The number of hydrogen-bond donors (Lipinski definition) is 1. The maximum absolute atomic E-state index is 3.72. The van der Waals surface area contributed by atoms with Gasteiger partial charge in [0.2, 0.25) is 0 Å². The molecule has 0 amide bonds. The molecule has 1 heterocycles. The summed E-state index contributed by atoms with van der Waals surface area (Å²) in [7, 11) is 0. The van der Waals surface area contributed by atoms with E-state index in [1.807, 2.05) is 11.3 Å². The molecule has 2 heteroatoms. The Morgan fingerprint density at radius 1 is 1.14 bits per heavy atom. The lowest BCUT2D eigenvalue weighted by molar-refractivity contribution is 0.609. The molecule has 112 valence electrons. The second-order valence-corrected chi connectivity index (χ2v) is 7.04. The molecule has 0 fully saturated rings. The van der Waals surface area contributed by atoms with Gasteiger partial charge in [-0.25, -0.2) is 0 Å². The molecular weight excluding hydrogens is 274 g/mol. The van der Waals surface area contributed by atoms with E-state index in [0.29, 0.717) is 6.04 Å². The maximum Gasteiger partial charge on any atom is 0.0524 e. The highest BCUT2D eigenvalue weighted by Gasteiger charge is 2.20. The smallest absolute Gasteiger partial charge is 0.0524 e. The highest BCUT2D eigenvalue weighted by atomic mass is 32.1. The fourth-order valence-corrected chi connectivity index (χ4v) is 4.17. The molecule has 1 aliphatic carbocycles. The Balaban J connectivity index is 1.61. The summed E-state index contributed by atoms with van der Waals surface area (Å²) in [4.78, 5) is 1.58. The van der Waals surface area contributed by atoms with Crippen LogP contribution in [0, 0.1) is 0 Å². The third-order valence-electron chi connectivity index (χ3n) is 4.42. The van der Waals surface area contributed by atoms with Crippen LogP contribution in [-0.4, -0.2) is 0 Å². The standard InChI is InChI=1S/C19H25NS/c1-2-3-4-6-15-9-11-16(12-10-15)20-18-7-5-8-19-17(18)13-14-21-19/h9-14,18,20H,2-8H2,1H3. The van der Waals surface area contributed by atoms with Crippen molar-refractivity contribution in [2.24, 2.45) is 0 Å². The Kier molecular flexibility index (Phi) is 4.97. The summed E-state index contributed by atoms with van der Waals surface area (Å²) >= 11 is 1.91. The van der Waals surface area contributed by atoms with E-state index in [2.05, 4.69) is 48.0 Å². The van der Waals surface area contributed by atoms with Gasteiger partial charge in [-0.3, -0.25) is 0 Å². The zero-order chi connectivity index (χ0) is 14.5. The number of hydrogen-bond acceptors (Lipinski definition) is 2.